The van der Waals surface area contributed by atoms with E-state index in [0.717, 1.165) is 32.1 Å². The molecule has 18 atom stereocenters. The Balaban J connectivity index is 2.45. The van der Waals surface area contributed by atoms with Crippen molar-refractivity contribution in [3.63, 3.8) is 0 Å². The molecule has 14 N–H and O–H groups in total. The maximum absolute atomic E-state index is 13.6. The van der Waals surface area contributed by atoms with E-state index >= 15 is 0 Å². The van der Waals surface area contributed by atoms with Crippen LogP contribution >= 0.6 is 0 Å². The molecule has 2 rings (SSSR count). The first-order valence-corrected chi connectivity index (χ1v) is 27.1. The van der Waals surface area contributed by atoms with Gasteiger partial charge >= 0.3 is 17.9 Å². The smallest absolute Gasteiger partial charge is 0.334 e. The minimum atomic E-state index is -2.48. The second-order valence-electron chi connectivity index (χ2n) is 21.6. The van der Waals surface area contributed by atoms with Crippen LogP contribution < -0.4 is 11.1 Å². The SMILES string of the molecule is CN=C(N)NCCC/C=C/CCC[C@H](C)[C@H]1OC(=O)C(C)=CC=C[C@H](C)[C@H](O)C[C@H](O)[C@H](C)[C@@H](O)CC[C@@H](C)[C@H](O)C[C@@]2(O)O[C@H](C[C@H](O)C[C@H](OC(=O)CC(=O)O)C[C@@H](O)C[C@H](O)C(C)=CC=C[C@H]1C)C[C@@H](O)[C@@H]2O. The first-order chi connectivity index (χ1) is 35.7. The largest absolute Gasteiger partial charge is 0.481 e. The van der Waals surface area contributed by atoms with Crippen LogP contribution in [0.25, 0.3) is 0 Å². The van der Waals surface area contributed by atoms with Crippen molar-refractivity contribution in [3.05, 3.63) is 59.8 Å². The summed E-state index contributed by atoms with van der Waals surface area (Å²) in [6, 6.07) is 0. The van der Waals surface area contributed by atoms with Gasteiger partial charge in [0.05, 0.1) is 54.9 Å². The second kappa shape index (κ2) is 34.7. The molecular formula is C56H95N3O17. The summed E-state index contributed by atoms with van der Waals surface area (Å²) in [5.74, 6) is -7.34. The Morgan fingerprint density at radius 2 is 1.43 bits per heavy atom. The number of nitrogens with one attached hydrogen (secondary N) is 1. The van der Waals surface area contributed by atoms with Crippen molar-refractivity contribution in [1.29, 1.82) is 0 Å². The Morgan fingerprint density at radius 1 is 0.816 bits per heavy atom. The average Bonchev–Trinajstić information content (AvgIpc) is 3.34. The molecule has 2 aliphatic rings. The number of carboxylic acid groups (broad SMARTS) is 1. The number of carboxylic acids is 1. The van der Waals surface area contributed by atoms with E-state index in [4.69, 9.17) is 19.9 Å². The maximum atomic E-state index is 13.6. The summed E-state index contributed by atoms with van der Waals surface area (Å²) >= 11 is 0. The van der Waals surface area contributed by atoms with Crippen molar-refractivity contribution in [2.24, 2.45) is 40.3 Å². The molecule has 1 saturated heterocycles. The third-order valence-corrected chi connectivity index (χ3v) is 14.8. The summed E-state index contributed by atoms with van der Waals surface area (Å²) in [5.41, 5.74) is 6.46. The van der Waals surface area contributed by atoms with Crippen LogP contribution in [-0.2, 0) is 28.6 Å². The van der Waals surface area contributed by atoms with E-state index in [1.54, 1.807) is 72.0 Å². The minimum absolute atomic E-state index is 0.0676. The van der Waals surface area contributed by atoms with Gasteiger partial charge in [0.25, 0.3) is 0 Å². The Bertz CT molecular complexity index is 1930. The Kier molecular flexibility index (Phi) is 31.1. The van der Waals surface area contributed by atoms with Crippen LogP contribution in [0.1, 0.15) is 145 Å². The highest BCUT2D eigenvalue weighted by atomic mass is 16.7. The normalized spacial score (nSPS) is 35.8. The molecule has 2 heterocycles. The number of hydrogen-bond acceptors (Lipinski definition) is 17. The molecular weight excluding hydrogens is 987 g/mol. The molecule has 0 aliphatic carbocycles. The summed E-state index contributed by atoms with van der Waals surface area (Å²) in [4.78, 5) is 41.4. The second-order valence-corrected chi connectivity index (χ2v) is 21.6. The van der Waals surface area contributed by atoms with Crippen molar-refractivity contribution in [3.8, 4) is 0 Å². The highest BCUT2D eigenvalue weighted by Gasteiger charge is 2.50. The maximum Gasteiger partial charge on any atom is 0.334 e. The molecule has 2 aliphatic heterocycles. The van der Waals surface area contributed by atoms with E-state index < -0.39 is 128 Å². The van der Waals surface area contributed by atoms with E-state index in [2.05, 4.69) is 22.5 Å². The molecule has 0 aromatic heterocycles. The molecule has 0 radical (unpaired) electrons. The van der Waals surface area contributed by atoms with E-state index in [-0.39, 0.29) is 63.2 Å². The zero-order chi connectivity index (χ0) is 57.3. The van der Waals surface area contributed by atoms with Gasteiger partial charge in [0.2, 0.25) is 0 Å². The summed E-state index contributed by atoms with van der Waals surface area (Å²) < 4.78 is 17.4. The number of aliphatic hydroxyl groups excluding tert-OH is 9. The molecule has 0 aromatic carbocycles. The van der Waals surface area contributed by atoms with Crippen LogP contribution in [0.5, 0.6) is 0 Å². The van der Waals surface area contributed by atoms with Crippen molar-refractivity contribution in [2.45, 2.75) is 224 Å². The number of ether oxygens (including phenoxy) is 3. The number of guanidine groups is 1. The van der Waals surface area contributed by atoms with Crippen molar-refractivity contribution in [2.75, 3.05) is 13.6 Å². The number of nitrogens with two attached hydrogens (primary N) is 1. The van der Waals surface area contributed by atoms with Crippen molar-refractivity contribution < 1.29 is 84.8 Å². The molecule has 2 bridgehead atoms. The van der Waals surface area contributed by atoms with Gasteiger partial charge in [-0.05, 0) is 82.6 Å². The fourth-order valence-electron chi connectivity index (χ4n) is 9.44. The number of cyclic esters (lactones) is 1. The number of unbranched alkanes of at least 4 members (excludes halogenated alkanes) is 2. The topological polar surface area (TPSA) is 352 Å². The van der Waals surface area contributed by atoms with Crippen LogP contribution in [-0.4, -0.2) is 173 Å². The number of carbonyl (C=O) groups is 3. The molecule has 76 heavy (non-hydrogen) atoms. The van der Waals surface area contributed by atoms with Gasteiger partial charge in [0.15, 0.2) is 11.7 Å². The fraction of sp³-hybridized carbons (Fsp3) is 0.750. The summed E-state index contributed by atoms with van der Waals surface area (Å²) in [6.45, 7) is 13.0. The molecule has 436 valence electrons. The number of aliphatic carboxylic acids is 1. The Morgan fingerprint density at radius 3 is 2.08 bits per heavy atom. The lowest BCUT2D eigenvalue weighted by atomic mass is 9.84. The highest BCUT2D eigenvalue weighted by molar-refractivity contribution is 5.90. The zero-order valence-electron chi connectivity index (χ0n) is 46.1. The molecule has 0 saturated carbocycles. The third-order valence-electron chi connectivity index (χ3n) is 14.8. The third kappa shape index (κ3) is 25.2. The zero-order valence-corrected chi connectivity index (χ0v) is 46.1. The summed E-state index contributed by atoms with van der Waals surface area (Å²) in [6.07, 6.45) is 1.11. The van der Waals surface area contributed by atoms with Gasteiger partial charge in [-0.2, -0.15) is 0 Å². The van der Waals surface area contributed by atoms with Crippen LogP contribution in [0.15, 0.2) is 64.7 Å². The molecule has 0 aromatic rings. The molecule has 0 unspecified atom stereocenters. The van der Waals surface area contributed by atoms with Gasteiger partial charge in [0.1, 0.15) is 24.7 Å². The van der Waals surface area contributed by atoms with Gasteiger partial charge in [-0.25, -0.2) is 4.79 Å². The van der Waals surface area contributed by atoms with Gasteiger partial charge in [-0.15, -0.1) is 0 Å². The van der Waals surface area contributed by atoms with Crippen LogP contribution in [0.2, 0.25) is 0 Å². The summed E-state index contributed by atoms with van der Waals surface area (Å²) in [5, 5.41) is 123. The van der Waals surface area contributed by atoms with Crippen LogP contribution in [0.4, 0.5) is 0 Å². The average molecular weight is 1080 g/mol. The predicted molar refractivity (Wildman–Crippen MR) is 287 cm³/mol. The number of aliphatic hydroxyl groups is 10. The number of rotatable bonds is 12. The van der Waals surface area contributed by atoms with Crippen molar-refractivity contribution in [1.82, 2.24) is 5.32 Å². The van der Waals surface area contributed by atoms with E-state index in [0.29, 0.717) is 23.7 Å². The monoisotopic (exact) mass is 1080 g/mol. The lowest BCUT2D eigenvalue weighted by Crippen LogP contribution is -2.59. The first kappa shape index (κ1) is 68.0. The van der Waals surface area contributed by atoms with E-state index in [9.17, 15) is 70.6 Å². The van der Waals surface area contributed by atoms with Crippen LogP contribution in [0, 0.1) is 29.6 Å². The molecule has 1 fully saturated rings. The summed E-state index contributed by atoms with van der Waals surface area (Å²) in [7, 11) is 1.62. The lowest BCUT2D eigenvalue weighted by Gasteiger charge is -2.45. The van der Waals surface area contributed by atoms with E-state index in [1.807, 2.05) is 19.9 Å². The van der Waals surface area contributed by atoms with E-state index in [1.165, 1.54) is 0 Å². The number of nitrogens with zero attached hydrogens (tertiary/aromatic N) is 1. The fourth-order valence-corrected chi connectivity index (χ4v) is 9.44. The van der Waals surface area contributed by atoms with Gasteiger partial charge in [-0.1, -0.05) is 83.2 Å². The highest BCUT2D eigenvalue weighted by Crippen LogP contribution is 2.36. The Hall–Kier alpha value is -4.06. The number of esters is 2. The standard InChI is InChI=1S/C56H95N3O17/c1-33-18-15-20-37(5)52(36(4)17-13-11-9-10-12-14-24-59-55(57)58-8)75-54(72)38(6)21-16-19-34(2)46(64)30-47(65)39(7)44(62)23-22-35(3)49(67)32-56(73)53(71)48(66)29-43(76-56)27-40(60)25-42(26-41(61)28-45(33)63)74-51(70)31-50(68)69/h9-10,15-16,18-21,34-37,39-49,52-53,60-67,71,73H,11-14,17,22-32H2,1-8H3,(H,68,69)(H3,57,58,59)/b10-9+,19-16?,20-15?,33-18?,38-21?/t34-,35+,36-,37+,39+,40+,41+,42-,43+,44-,45-,46+,47-,48+,49+,52+,53-,56+/m0/s1. The molecule has 0 amide bonds. The quantitative estimate of drug-likeness (QED) is 0.0333. The van der Waals surface area contributed by atoms with Gasteiger partial charge < -0.3 is 81.4 Å². The molecule has 20 nitrogen and oxygen atoms in total. The Labute approximate surface area is 450 Å². The first-order valence-electron chi connectivity index (χ1n) is 27.1. The number of allylic oxidation sites excluding steroid dienone is 6. The predicted octanol–water partition coefficient (Wildman–Crippen LogP) is 3.37. The van der Waals surface area contributed by atoms with Gasteiger partial charge in [-0.3, -0.25) is 14.6 Å². The number of hydrogen-bond donors (Lipinski definition) is 13. The minimum Gasteiger partial charge on any atom is -0.481 e. The molecule has 20 heteroatoms. The number of fused-ring (bicyclic) bond motifs is 2. The van der Waals surface area contributed by atoms with Crippen LogP contribution in [0.3, 0.4) is 0 Å². The molecule has 0 spiro atoms. The lowest BCUT2D eigenvalue weighted by molar-refractivity contribution is -0.333. The van der Waals surface area contributed by atoms with Crippen molar-refractivity contribution >= 4 is 23.9 Å². The number of aliphatic imine (C=N–C) groups is 1. The van der Waals surface area contributed by atoms with Gasteiger partial charge in [0, 0.05) is 75.4 Å². The number of carbonyl (C=O) groups excluding carboxylic acids is 2.